The van der Waals surface area contributed by atoms with Gasteiger partial charge in [-0.05, 0) is 17.7 Å². The molecule has 1 N–H and O–H groups in total. The zero-order chi connectivity index (χ0) is 17.2. The molecule has 0 bridgehead atoms. The number of halogens is 2. The average Bonchev–Trinajstić information content (AvgIpc) is 2.57. The quantitative estimate of drug-likeness (QED) is 0.704. The van der Waals surface area contributed by atoms with Crippen molar-refractivity contribution in [3.05, 3.63) is 66.2 Å². The zero-order valence-corrected chi connectivity index (χ0v) is 13.6. The Labute approximate surface area is 143 Å². The number of hydrogen-bond donors (Lipinski definition) is 1. The summed E-state index contributed by atoms with van der Waals surface area (Å²) >= 11 is 1.43. The molecule has 6 heteroatoms. The number of carbonyl (C=O) groups excluding carboxylic acids is 1. The summed E-state index contributed by atoms with van der Waals surface area (Å²) in [4.78, 5) is 11.9. The lowest BCUT2D eigenvalue weighted by molar-refractivity contribution is -0.113. The normalized spacial score (nSPS) is 11.0. The van der Waals surface area contributed by atoms with Crippen LogP contribution in [0.2, 0.25) is 0 Å². The van der Waals surface area contributed by atoms with Gasteiger partial charge < -0.3 is 10.1 Å². The average molecular weight is 349 g/mol. The molecule has 0 fully saturated rings. The number of anilines is 1. The van der Waals surface area contributed by atoms with Gasteiger partial charge in [0.05, 0.1) is 11.4 Å². The molecule has 0 aromatic heterocycles. The molecule has 0 aliphatic rings. The maximum Gasteiger partial charge on any atom is 0.387 e. The van der Waals surface area contributed by atoms with Crippen molar-refractivity contribution in [3.63, 3.8) is 0 Å². The Balaban J connectivity index is 1.77. The Kier molecular flexibility index (Phi) is 7.29. The number of carbonyl (C=O) groups is 1. The van der Waals surface area contributed by atoms with Gasteiger partial charge in [0, 0.05) is 5.75 Å². The Morgan fingerprint density at radius 3 is 2.58 bits per heavy atom. The lowest BCUT2D eigenvalue weighted by atomic mass is 10.2. The van der Waals surface area contributed by atoms with Crippen molar-refractivity contribution in [1.82, 2.24) is 0 Å². The Morgan fingerprint density at radius 1 is 1.12 bits per heavy atom. The van der Waals surface area contributed by atoms with Gasteiger partial charge in [-0.15, -0.1) is 11.8 Å². The summed E-state index contributed by atoms with van der Waals surface area (Å²) in [5.41, 5.74) is 1.34. The second-order valence-corrected chi connectivity index (χ2v) is 5.78. The molecule has 0 spiro atoms. The molecule has 2 rings (SSSR count). The van der Waals surface area contributed by atoms with Crippen molar-refractivity contribution in [3.8, 4) is 5.75 Å². The van der Waals surface area contributed by atoms with Gasteiger partial charge in [0.2, 0.25) is 5.91 Å². The molecule has 0 unspecified atom stereocenters. The third-order valence-corrected chi connectivity index (χ3v) is 3.83. The molecule has 0 saturated carbocycles. The molecule has 24 heavy (non-hydrogen) atoms. The fourth-order valence-corrected chi connectivity index (χ4v) is 2.53. The van der Waals surface area contributed by atoms with Gasteiger partial charge in [0.15, 0.2) is 0 Å². The first-order chi connectivity index (χ1) is 11.6. The summed E-state index contributed by atoms with van der Waals surface area (Å²) in [6, 6.07) is 16.0. The highest BCUT2D eigenvalue weighted by Gasteiger charge is 2.11. The van der Waals surface area contributed by atoms with E-state index >= 15 is 0 Å². The van der Waals surface area contributed by atoms with Crippen molar-refractivity contribution in [2.45, 2.75) is 6.61 Å². The molecule has 3 nitrogen and oxygen atoms in total. The lowest BCUT2D eigenvalue weighted by Gasteiger charge is -2.11. The number of para-hydroxylation sites is 2. The second kappa shape index (κ2) is 9.72. The Morgan fingerprint density at radius 2 is 1.83 bits per heavy atom. The summed E-state index contributed by atoms with van der Waals surface area (Å²) < 4.78 is 29.0. The van der Waals surface area contributed by atoms with E-state index in [0.29, 0.717) is 5.75 Å². The maximum atomic E-state index is 12.3. The van der Waals surface area contributed by atoms with E-state index < -0.39 is 6.61 Å². The lowest BCUT2D eigenvalue weighted by Crippen LogP contribution is -2.15. The van der Waals surface area contributed by atoms with Gasteiger partial charge in [-0.1, -0.05) is 54.6 Å². The predicted molar refractivity (Wildman–Crippen MR) is 94.5 cm³/mol. The van der Waals surface area contributed by atoms with Crippen LogP contribution in [0, 0.1) is 0 Å². The van der Waals surface area contributed by atoms with Crippen molar-refractivity contribution in [2.24, 2.45) is 0 Å². The van der Waals surface area contributed by atoms with Crippen molar-refractivity contribution in [2.75, 3.05) is 16.8 Å². The molecular formula is C18H17F2NO2S. The minimum atomic E-state index is -2.93. The van der Waals surface area contributed by atoms with Crippen molar-refractivity contribution in [1.29, 1.82) is 0 Å². The van der Waals surface area contributed by atoms with E-state index in [1.165, 1.54) is 23.9 Å². The van der Waals surface area contributed by atoms with Crippen LogP contribution in [-0.2, 0) is 4.79 Å². The van der Waals surface area contributed by atoms with Gasteiger partial charge in [-0.2, -0.15) is 8.78 Å². The third kappa shape index (κ3) is 6.42. The molecule has 126 valence electrons. The fourth-order valence-electron chi connectivity index (χ4n) is 1.92. The van der Waals surface area contributed by atoms with Gasteiger partial charge in [-0.3, -0.25) is 4.79 Å². The number of ether oxygens (including phenoxy) is 1. The van der Waals surface area contributed by atoms with Crippen LogP contribution in [-0.4, -0.2) is 24.0 Å². The minimum absolute atomic E-state index is 0.0465. The first-order valence-electron chi connectivity index (χ1n) is 7.28. The Hall–Kier alpha value is -2.34. The van der Waals surface area contributed by atoms with Gasteiger partial charge in [-0.25, -0.2) is 0 Å². The standard InChI is InChI=1S/C18H17F2NO2S/c19-18(20)23-16-11-5-4-10-15(16)21-17(22)13-24-12-6-9-14-7-2-1-3-8-14/h1-11,18H,12-13H2,(H,21,22)/b9-6-. The highest BCUT2D eigenvalue weighted by atomic mass is 32.2. The summed E-state index contributed by atoms with van der Waals surface area (Å²) in [7, 11) is 0. The third-order valence-electron chi connectivity index (χ3n) is 2.93. The van der Waals surface area contributed by atoms with Crippen LogP contribution in [0.15, 0.2) is 60.7 Å². The summed E-state index contributed by atoms with van der Waals surface area (Å²) in [6.45, 7) is -2.93. The number of amides is 1. The highest BCUT2D eigenvalue weighted by molar-refractivity contribution is 8.00. The maximum absolute atomic E-state index is 12.3. The predicted octanol–water partition coefficient (Wildman–Crippen LogP) is 4.67. The van der Waals surface area contributed by atoms with Crippen molar-refractivity contribution < 1.29 is 18.3 Å². The topological polar surface area (TPSA) is 38.3 Å². The molecule has 0 aliphatic heterocycles. The molecule has 2 aromatic carbocycles. The summed E-state index contributed by atoms with van der Waals surface area (Å²) in [6.07, 6.45) is 3.96. The number of hydrogen-bond acceptors (Lipinski definition) is 3. The van der Waals surface area contributed by atoms with Crippen molar-refractivity contribution >= 4 is 29.4 Å². The largest absolute Gasteiger partial charge is 0.433 e. The van der Waals surface area contributed by atoms with Gasteiger partial charge in [0.1, 0.15) is 5.75 Å². The number of thioether (sulfide) groups is 1. The van der Waals surface area contributed by atoms with E-state index in [1.807, 2.05) is 42.5 Å². The van der Waals surface area contributed by atoms with Crippen LogP contribution in [0.25, 0.3) is 6.08 Å². The van der Waals surface area contributed by atoms with Crippen LogP contribution in [0.3, 0.4) is 0 Å². The minimum Gasteiger partial charge on any atom is -0.433 e. The van der Waals surface area contributed by atoms with E-state index in [1.54, 1.807) is 12.1 Å². The van der Waals surface area contributed by atoms with Gasteiger partial charge >= 0.3 is 6.61 Å². The number of rotatable bonds is 8. The van der Waals surface area contributed by atoms with E-state index in [0.717, 1.165) is 5.56 Å². The summed E-state index contributed by atoms with van der Waals surface area (Å²) in [5.74, 6) is 0.591. The van der Waals surface area contributed by atoms with Crippen LogP contribution >= 0.6 is 11.8 Å². The first kappa shape index (κ1) is 18.0. The van der Waals surface area contributed by atoms with Crippen LogP contribution in [0.1, 0.15) is 5.56 Å². The monoisotopic (exact) mass is 349 g/mol. The highest BCUT2D eigenvalue weighted by Crippen LogP contribution is 2.25. The molecule has 0 aliphatic carbocycles. The van der Waals surface area contributed by atoms with E-state index in [9.17, 15) is 13.6 Å². The molecule has 0 heterocycles. The van der Waals surface area contributed by atoms with Crippen LogP contribution in [0.4, 0.5) is 14.5 Å². The Bertz CT molecular complexity index is 678. The molecule has 0 saturated heterocycles. The van der Waals surface area contributed by atoms with Crippen LogP contribution < -0.4 is 10.1 Å². The molecular weight excluding hydrogens is 332 g/mol. The molecule has 2 aromatic rings. The number of nitrogens with one attached hydrogen (secondary N) is 1. The van der Waals surface area contributed by atoms with E-state index in [4.69, 9.17) is 0 Å². The summed E-state index contributed by atoms with van der Waals surface area (Å²) in [5, 5.41) is 2.58. The molecule has 0 atom stereocenters. The van der Waals surface area contributed by atoms with E-state index in [-0.39, 0.29) is 23.1 Å². The SMILES string of the molecule is O=C(CSC/C=C\c1ccccc1)Nc1ccccc1OC(F)F. The number of benzene rings is 2. The first-order valence-corrected chi connectivity index (χ1v) is 8.43. The zero-order valence-electron chi connectivity index (χ0n) is 12.8. The number of alkyl halides is 2. The van der Waals surface area contributed by atoms with Crippen LogP contribution in [0.5, 0.6) is 5.75 Å². The second-order valence-electron chi connectivity index (χ2n) is 4.75. The van der Waals surface area contributed by atoms with Gasteiger partial charge in [0.25, 0.3) is 0 Å². The van der Waals surface area contributed by atoms with E-state index in [2.05, 4.69) is 10.1 Å². The smallest absolute Gasteiger partial charge is 0.387 e. The molecule has 1 amide bonds. The fraction of sp³-hybridized carbons (Fsp3) is 0.167. The molecule has 0 radical (unpaired) electrons.